The number of rotatable bonds is 5. The van der Waals surface area contributed by atoms with Crippen molar-refractivity contribution in [3.63, 3.8) is 0 Å². The molecule has 0 aliphatic carbocycles. The number of hydrogen-bond donors (Lipinski definition) is 3. The number of nitrogens with zero attached hydrogens (tertiary/aromatic N) is 2. The van der Waals surface area contributed by atoms with E-state index in [1.807, 2.05) is 19.1 Å². The quantitative estimate of drug-likeness (QED) is 0.359. The fraction of sp³-hybridized carbons (Fsp3) is 0.333. The number of benzene rings is 2. The van der Waals surface area contributed by atoms with Crippen LogP contribution in [-0.2, 0) is 16.0 Å². The first kappa shape index (κ1) is 24.5. The molecule has 4 aromatic rings. The molecule has 9 nitrogen and oxygen atoms in total. The number of pyridine rings is 1. The van der Waals surface area contributed by atoms with Crippen LogP contribution in [0.1, 0.15) is 35.4 Å². The maximum Gasteiger partial charge on any atom is 0.328 e. The summed E-state index contributed by atoms with van der Waals surface area (Å²) in [4.78, 5) is 42.6. The van der Waals surface area contributed by atoms with Crippen LogP contribution >= 0.6 is 0 Å². The first-order valence-electron chi connectivity index (χ1n) is 12.2. The van der Waals surface area contributed by atoms with Gasteiger partial charge in [0, 0.05) is 30.5 Å². The molecule has 0 radical (unpaired) electrons. The van der Waals surface area contributed by atoms with Gasteiger partial charge in [0.15, 0.2) is 0 Å². The second kappa shape index (κ2) is 10.0. The Morgan fingerprint density at radius 2 is 1.97 bits per heavy atom. The molecule has 2 amide bonds. The minimum Gasteiger partial charge on any atom is -0.467 e. The van der Waals surface area contributed by atoms with Gasteiger partial charge in [-0.1, -0.05) is 6.07 Å². The Bertz CT molecular complexity index is 1540. The van der Waals surface area contributed by atoms with E-state index >= 15 is 0 Å². The van der Waals surface area contributed by atoms with Gasteiger partial charge in [0.2, 0.25) is 0 Å². The number of aryl methyl sites for hydroxylation is 1. The molecule has 2 aromatic heterocycles. The number of methoxy groups -OCH3 is 1. The molecule has 5 rings (SSSR count). The SMILES string of the molecule is COC(=O)C(Cc1cc(C)c2[nH]ncc2c1)NC(=O)N1CCC(c2cc3ccc(F)cc3[nH]c2=O)CC1. The van der Waals surface area contributed by atoms with Crippen LogP contribution in [0.15, 0.2) is 47.4 Å². The van der Waals surface area contributed by atoms with Gasteiger partial charge >= 0.3 is 12.0 Å². The number of halogens is 1. The van der Waals surface area contributed by atoms with E-state index < -0.39 is 17.8 Å². The Balaban J connectivity index is 1.25. The minimum absolute atomic E-state index is 0.0247. The van der Waals surface area contributed by atoms with E-state index in [0.29, 0.717) is 37.0 Å². The Morgan fingerprint density at radius 1 is 1.19 bits per heavy atom. The van der Waals surface area contributed by atoms with Crippen LogP contribution in [0.3, 0.4) is 0 Å². The molecule has 3 heterocycles. The fourth-order valence-corrected chi connectivity index (χ4v) is 5.13. The van der Waals surface area contributed by atoms with Crippen molar-refractivity contribution < 1.29 is 18.7 Å². The molecule has 0 saturated carbocycles. The number of aromatic amines is 2. The number of urea groups is 1. The number of H-pyrrole nitrogens is 2. The maximum absolute atomic E-state index is 13.5. The summed E-state index contributed by atoms with van der Waals surface area (Å²) in [7, 11) is 1.30. The van der Waals surface area contributed by atoms with Gasteiger partial charge in [-0.3, -0.25) is 9.89 Å². The summed E-state index contributed by atoms with van der Waals surface area (Å²) in [5, 5.41) is 11.5. The number of nitrogens with one attached hydrogen (secondary N) is 3. The van der Waals surface area contributed by atoms with E-state index in [0.717, 1.165) is 27.4 Å². The van der Waals surface area contributed by atoms with Gasteiger partial charge in [-0.25, -0.2) is 14.0 Å². The smallest absolute Gasteiger partial charge is 0.328 e. The second-order valence-electron chi connectivity index (χ2n) is 9.52. The summed E-state index contributed by atoms with van der Waals surface area (Å²) in [6, 6.07) is 8.83. The molecule has 1 saturated heterocycles. The van der Waals surface area contributed by atoms with E-state index in [2.05, 4.69) is 20.5 Å². The van der Waals surface area contributed by atoms with E-state index in [1.165, 1.54) is 19.2 Å². The standard InChI is InChI=1S/C27H28FN5O4/c1-15-9-16(10-19-14-29-32-24(15)19)11-23(26(35)37-2)31-27(36)33-7-5-17(6-8-33)21-12-18-3-4-20(28)13-22(18)30-25(21)34/h3-4,9-10,12-14,17,23H,5-8,11H2,1-2H3,(H,29,32)(H,30,34)(H,31,36). The first-order valence-corrected chi connectivity index (χ1v) is 12.2. The number of likely N-dealkylation sites (tertiary alicyclic amines) is 1. The summed E-state index contributed by atoms with van der Waals surface area (Å²) >= 11 is 0. The molecule has 1 atom stereocenters. The molecule has 3 N–H and O–H groups in total. The summed E-state index contributed by atoms with van der Waals surface area (Å²) in [5.74, 6) is -0.951. The topological polar surface area (TPSA) is 120 Å². The molecule has 2 aromatic carbocycles. The Kier molecular flexibility index (Phi) is 6.64. The number of ether oxygens (including phenoxy) is 1. The van der Waals surface area contributed by atoms with Crippen LogP contribution in [0, 0.1) is 12.7 Å². The molecular weight excluding hydrogens is 477 g/mol. The lowest BCUT2D eigenvalue weighted by Gasteiger charge is -2.33. The van der Waals surface area contributed by atoms with Gasteiger partial charge in [0.1, 0.15) is 11.9 Å². The van der Waals surface area contributed by atoms with Crippen LogP contribution in [0.5, 0.6) is 0 Å². The second-order valence-corrected chi connectivity index (χ2v) is 9.52. The highest BCUT2D eigenvalue weighted by molar-refractivity contribution is 5.85. The third kappa shape index (κ3) is 5.04. The lowest BCUT2D eigenvalue weighted by Crippen LogP contribution is -2.51. The monoisotopic (exact) mass is 505 g/mol. The average Bonchev–Trinajstić information content (AvgIpc) is 3.37. The van der Waals surface area contributed by atoms with Gasteiger partial charge < -0.3 is 19.9 Å². The van der Waals surface area contributed by atoms with Crippen molar-refractivity contribution in [1.82, 2.24) is 25.4 Å². The van der Waals surface area contributed by atoms with Crippen molar-refractivity contribution in [3.8, 4) is 0 Å². The number of fused-ring (bicyclic) bond motifs is 2. The van der Waals surface area contributed by atoms with E-state index in [4.69, 9.17) is 4.74 Å². The molecule has 10 heteroatoms. The van der Waals surface area contributed by atoms with Gasteiger partial charge in [-0.05, 0) is 72.5 Å². The molecular formula is C27H28FN5O4. The lowest BCUT2D eigenvalue weighted by molar-refractivity contribution is -0.142. The first-order chi connectivity index (χ1) is 17.8. The van der Waals surface area contributed by atoms with Crippen LogP contribution in [0.4, 0.5) is 9.18 Å². The summed E-state index contributed by atoms with van der Waals surface area (Å²) in [6.45, 7) is 2.83. The van der Waals surface area contributed by atoms with Crippen LogP contribution in [0.25, 0.3) is 21.8 Å². The number of carbonyl (C=O) groups is 2. The Hall–Kier alpha value is -4.21. The minimum atomic E-state index is -0.845. The zero-order chi connectivity index (χ0) is 26.1. The van der Waals surface area contributed by atoms with Crippen LogP contribution in [-0.4, -0.2) is 58.3 Å². The number of amides is 2. The number of esters is 1. The number of carbonyl (C=O) groups excluding carboxylic acids is 2. The van der Waals surface area contributed by atoms with Crippen LogP contribution < -0.4 is 10.9 Å². The zero-order valence-corrected chi connectivity index (χ0v) is 20.6. The van der Waals surface area contributed by atoms with Crippen LogP contribution in [0.2, 0.25) is 0 Å². The van der Waals surface area contributed by atoms with Crippen molar-refractivity contribution in [3.05, 3.63) is 75.5 Å². The van der Waals surface area contributed by atoms with E-state index in [-0.39, 0.29) is 23.9 Å². The molecule has 0 bridgehead atoms. The molecule has 1 aliphatic heterocycles. The highest BCUT2D eigenvalue weighted by Crippen LogP contribution is 2.28. The van der Waals surface area contributed by atoms with Gasteiger partial charge in [0.25, 0.3) is 5.56 Å². The largest absolute Gasteiger partial charge is 0.467 e. The number of aromatic nitrogens is 3. The average molecular weight is 506 g/mol. The predicted molar refractivity (Wildman–Crippen MR) is 137 cm³/mol. The fourth-order valence-electron chi connectivity index (χ4n) is 5.13. The Labute approximate surface area is 212 Å². The normalized spacial score (nSPS) is 15.2. The lowest BCUT2D eigenvalue weighted by atomic mass is 9.89. The summed E-state index contributed by atoms with van der Waals surface area (Å²) in [5.41, 5.74) is 3.67. The molecule has 1 unspecified atom stereocenters. The zero-order valence-electron chi connectivity index (χ0n) is 20.6. The molecule has 192 valence electrons. The van der Waals surface area contributed by atoms with Crippen molar-refractivity contribution >= 4 is 33.8 Å². The maximum atomic E-state index is 13.5. The third-order valence-corrected chi connectivity index (χ3v) is 7.09. The highest BCUT2D eigenvalue weighted by atomic mass is 19.1. The van der Waals surface area contributed by atoms with Crippen molar-refractivity contribution in [2.45, 2.75) is 38.1 Å². The van der Waals surface area contributed by atoms with Gasteiger partial charge in [0.05, 0.1) is 24.3 Å². The van der Waals surface area contributed by atoms with E-state index in [9.17, 15) is 18.8 Å². The number of hydrogen-bond acceptors (Lipinski definition) is 5. The van der Waals surface area contributed by atoms with Crippen molar-refractivity contribution in [2.75, 3.05) is 20.2 Å². The van der Waals surface area contributed by atoms with E-state index in [1.54, 1.807) is 23.2 Å². The van der Waals surface area contributed by atoms with Crippen molar-refractivity contribution in [2.24, 2.45) is 0 Å². The highest BCUT2D eigenvalue weighted by Gasteiger charge is 2.29. The molecule has 37 heavy (non-hydrogen) atoms. The van der Waals surface area contributed by atoms with Crippen molar-refractivity contribution in [1.29, 1.82) is 0 Å². The molecule has 1 fully saturated rings. The predicted octanol–water partition coefficient (Wildman–Crippen LogP) is 3.53. The van der Waals surface area contributed by atoms with Gasteiger partial charge in [-0.2, -0.15) is 5.10 Å². The summed E-state index contributed by atoms with van der Waals surface area (Å²) < 4.78 is 18.4. The summed E-state index contributed by atoms with van der Waals surface area (Å²) in [6.07, 6.45) is 3.20. The van der Waals surface area contributed by atoms with Gasteiger partial charge in [-0.15, -0.1) is 0 Å². The third-order valence-electron chi connectivity index (χ3n) is 7.09. The Morgan fingerprint density at radius 3 is 2.73 bits per heavy atom. The molecule has 1 aliphatic rings. The number of piperidine rings is 1. The molecule has 0 spiro atoms.